The van der Waals surface area contributed by atoms with Crippen molar-refractivity contribution < 1.29 is 31.2 Å². The molecule has 35 heavy (non-hydrogen) atoms. The average Bonchev–Trinajstić information content (AvgIpc) is 3.32. The molecule has 1 saturated heterocycles. The van der Waals surface area contributed by atoms with Crippen molar-refractivity contribution in [1.82, 2.24) is 0 Å². The second-order valence-electron chi connectivity index (χ2n) is 8.04. The number of furan rings is 1. The van der Waals surface area contributed by atoms with Gasteiger partial charge in [0, 0.05) is 42.9 Å². The first-order valence-corrected chi connectivity index (χ1v) is 10.7. The highest BCUT2D eigenvalue weighted by Crippen LogP contribution is 2.31. The van der Waals surface area contributed by atoms with Crippen molar-refractivity contribution in [1.29, 1.82) is 0 Å². The van der Waals surface area contributed by atoms with E-state index in [0.717, 1.165) is 16.0 Å². The molecular formula is C25H18F5N3O2. The molecule has 1 amide bonds. The number of carbonyl (C=O) groups is 1. The van der Waals surface area contributed by atoms with Crippen LogP contribution in [0.15, 0.2) is 59.0 Å². The van der Waals surface area contributed by atoms with Crippen molar-refractivity contribution in [3.8, 4) is 0 Å². The van der Waals surface area contributed by atoms with Gasteiger partial charge in [0.1, 0.15) is 11.3 Å². The molecule has 0 spiro atoms. The van der Waals surface area contributed by atoms with Crippen LogP contribution in [0.5, 0.6) is 0 Å². The fraction of sp³-hybridized carbons (Fsp3) is 0.160. The van der Waals surface area contributed by atoms with E-state index in [1.54, 1.807) is 36.4 Å². The molecule has 5 nitrogen and oxygen atoms in total. The van der Waals surface area contributed by atoms with Crippen LogP contribution in [0.1, 0.15) is 10.6 Å². The van der Waals surface area contributed by atoms with Gasteiger partial charge in [0.25, 0.3) is 5.91 Å². The summed E-state index contributed by atoms with van der Waals surface area (Å²) in [5.41, 5.74) is 1.02. The van der Waals surface area contributed by atoms with Crippen molar-refractivity contribution in [2.45, 2.75) is 0 Å². The van der Waals surface area contributed by atoms with Gasteiger partial charge in [-0.25, -0.2) is 22.0 Å². The first-order valence-electron chi connectivity index (χ1n) is 10.7. The standard InChI is InChI=1S/C25H18F5N3O2/c26-19-20(27)22(29)24(23(30)21(19)28)33-11-9-32(10-12-33)16-7-5-15(6-8-16)31-25(34)18-13-14-3-1-2-4-17(14)35-18/h1-8,13H,9-12H2,(H,31,34). The number of carbonyl (C=O) groups excluding carboxylic acids is 1. The lowest BCUT2D eigenvalue weighted by Gasteiger charge is -2.37. The molecule has 1 aliphatic heterocycles. The van der Waals surface area contributed by atoms with E-state index in [-0.39, 0.29) is 18.8 Å². The van der Waals surface area contributed by atoms with Gasteiger partial charge in [-0.15, -0.1) is 0 Å². The van der Waals surface area contributed by atoms with Crippen LogP contribution < -0.4 is 15.1 Å². The third-order valence-electron chi connectivity index (χ3n) is 5.92. The van der Waals surface area contributed by atoms with Crippen molar-refractivity contribution in [3.63, 3.8) is 0 Å². The summed E-state index contributed by atoms with van der Waals surface area (Å²) in [5, 5.41) is 3.58. The van der Waals surface area contributed by atoms with Crippen molar-refractivity contribution in [3.05, 3.63) is 89.4 Å². The molecule has 1 aliphatic rings. The maximum atomic E-state index is 14.1. The fourth-order valence-corrected chi connectivity index (χ4v) is 4.10. The summed E-state index contributed by atoms with van der Waals surface area (Å²) >= 11 is 0. The van der Waals surface area contributed by atoms with Crippen molar-refractivity contribution in [2.24, 2.45) is 0 Å². The minimum Gasteiger partial charge on any atom is -0.451 e. The third-order valence-corrected chi connectivity index (χ3v) is 5.92. The Bertz CT molecular complexity index is 1350. The Morgan fingerprint density at radius 2 is 1.31 bits per heavy atom. The van der Waals surface area contributed by atoms with E-state index in [1.807, 2.05) is 23.1 Å². The number of nitrogens with zero attached hydrogens (tertiary/aromatic N) is 2. The maximum Gasteiger partial charge on any atom is 0.291 e. The average molecular weight is 487 g/mol. The van der Waals surface area contributed by atoms with E-state index in [0.29, 0.717) is 24.4 Å². The van der Waals surface area contributed by atoms with E-state index < -0.39 is 40.7 Å². The van der Waals surface area contributed by atoms with Gasteiger partial charge in [-0.2, -0.15) is 0 Å². The van der Waals surface area contributed by atoms with Crippen LogP contribution in [0.3, 0.4) is 0 Å². The summed E-state index contributed by atoms with van der Waals surface area (Å²) in [7, 11) is 0. The maximum absolute atomic E-state index is 14.1. The Morgan fingerprint density at radius 3 is 1.94 bits per heavy atom. The van der Waals surface area contributed by atoms with Crippen LogP contribution in [0, 0.1) is 29.1 Å². The van der Waals surface area contributed by atoms with E-state index in [9.17, 15) is 26.7 Å². The van der Waals surface area contributed by atoms with Gasteiger partial charge < -0.3 is 19.5 Å². The van der Waals surface area contributed by atoms with Crippen LogP contribution in [0.4, 0.5) is 39.0 Å². The Balaban J connectivity index is 1.24. The summed E-state index contributed by atoms with van der Waals surface area (Å²) in [6.45, 7) is 0.708. The fourth-order valence-electron chi connectivity index (χ4n) is 4.10. The predicted octanol–water partition coefficient (Wildman–Crippen LogP) is 5.71. The van der Waals surface area contributed by atoms with E-state index in [4.69, 9.17) is 4.42 Å². The minimum atomic E-state index is -2.17. The lowest BCUT2D eigenvalue weighted by Crippen LogP contribution is -2.47. The first-order chi connectivity index (χ1) is 16.8. The third kappa shape index (κ3) is 4.16. The topological polar surface area (TPSA) is 48.7 Å². The molecule has 2 heterocycles. The molecule has 0 aliphatic carbocycles. The summed E-state index contributed by atoms with van der Waals surface area (Å²) in [6.07, 6.45) is 0. The molecule has 5 rings (SSSR count). The Hall–Kier alpha value is -4.08. The SMILES string of the molecule is O=C(Nc1ccc(N2CCN(c3c(F)c(F)c(F)c(F)c3F)CC2)cc1)c1cc2ccccc2o1. The van der Waals surface area contributed by atoms with Gasteiger partial charge in [-0.05, 0) is 36.4 Å². The van der Waals surface area contributed by atoms with E-state index in [2.05, 4.69) is 5.32 Å². The first kappa shape index (κ1) is 22.7. The predicted molar refractivity (Wildman–Crippen MR) is 121 cm³/mol. The molecule has 1 fully saturated rings. The molecule has 10 heteroatoms. The minimum absolute atomic E-state index is 0.0584. The highest BCUT2D eigenvalue weighted by Gasteiger charge is 2.30. The van der Waals surface area contributed by atoms with Gasteiger partial charge in [-0.3, -0.25) is 4.79 Å². The molecule has 0 radical (unpaired) electrons. The van der Waals surface area contributed by atoms with Crippen LogP contribution >= 0.6 is 0 Å². The number of hydrogen-bond acceptors (Lipinski definition) is 4. The largest absolute Gasteiger partial charge is 0.451 e. The van der Waals surface area contributed by atoms with Gasteiger partial charge in [-0.1, -0.05) is 18.2 Å². The molecule has 3 aromatic carbocycles. The summed E-state index contributed by atoms with van der Waals surface area (Å²) in [4.78, 5) is 15.6. The number of nitrogens with one attached hydrogen (secondary N) is 1. The zero-order valence-electron chi connectivity index (χ0n) is 18.1. The summed E-state index contributed by atoms with van der Waals surface area (Å²) in [6, 6.07) is 15.9. The van der Waals surface area contributed by atoms with Crippen LogP contribution in [-0.2, 0) is 0 Å². The van der Waals surface area contributed by atoms with Gasteiger partial charge in [0.2, 0.25) is 5.82 Å². The number of halogens is 5. The number of amides is 1. The van der Waals surface area contributed by atoms with E-state index >= 15 is 0 Å². The number of hydrogen-bond donors (Lipinski definition) is 1. The van der Waals surface area contributed by atoms with Crippen molar-refractivity contribution in [2.75, 3.05) is 41.3 Å². The lowest BCUT2D eigenvalue weighted by atomic mass is 10.2. The quantitative estimate of drug-likeness (QED) is 0.228. The van der Waals surface area contributed by atoms with E-state index in [1.165, 1.54) is 0 Å². The van der Waals surface area contributed by atoms with Crippen LogP contribution in [0.25, 0.3) is 11.0 Å². The molecule has 4 aromatic rings. The molecule has 1 N–H and O–H groups in total. The number of anilines is 3. The second kappa shape index (κ2) is 8.94. The molecule has 0 atom stereocenters. The summed E-state index contributed by atoms with van der Waals surface area (Å²) in [5.74, 6) is -9.97. The number of rotatable bonds is 4. The molecule has 0 bridgehead atoms. The Morgan fingerprint density at radius 1 is 0.743 bits per heavy atom. The van der Waals surface area contributed by atoms with Gasteiger partial charge in [0.05, 0.1) is 0 Å². The zero-order chi connectivity index (χ0) is 24.7. The number of benzene rings is 3. The number of para-hydroxylation sites is 1. The monoisotopic (exact) mass is 487 g/mol. The highest BCUT2D eigenvalue weighted by atomic mass is 19.2. The molecule has 0 saturated carbocycles. The normalized spacial score (nSPS) is 14.0. The van der Waals surface area contributed by atoms with Crippen molar-refractivity contribution >= 4 is 33.9 Å². The molecule has 1 aromatic heterocycles. The smallest absolute Gasteiger partial charge is 0.291 e. The Labute approximate surface area is 196 Å². The molecular weight excluding hydrogens is 469 g/mol. The lowest BCUT2D eigenvalue weighted by molar-refractivity contribution is 0.0998. The van der Waals surface area contributed by atoms with Gasteiger partial charge >= 0.3 is 0 Å². The Kier molecular flexibility index (Phi) is 5.80. The van der Waals surface area contributed by atoms with Gasteiger partial charge in [0.15, 0.2) is 29.0 Å². The highest BCUT2D eigenvalue weighted by molar-refractivity contribution is 6.04. The molecule has 180 valence electrons. The molecule has 0 unspecified atom stereocenters. The van der Waals surface area contributed by atoms with Crippen LogP contribution in [0.2, 0.25) is 0 Å². The second-order valence-corrected chi connectivity index (χ2v) is 8.04. The van der Waals surface area contributed by atoms with Crippen LogP contribution in [-0.4, -0.2) is 32.1 Å². The zero-order valence-corrected chi connectivity index (χ0v) is 18.1. The number of fused-ring (bicyclic) bond motifs is 1. The summed E-state index contributed by atoms with van der Waals surface area (Å²) < 4.78 is 74.2. The number of piperazine rings is 1.